The van der Waals surface area contributed by atoms with Gasteiger partial charge in [-0.15, -0.1) is 0 Å². The number of carbonyl (C=O) groups excluding carboxylic acids is 3. The molecule has 1 saturated heterocycles. The first-order valence-corrected chi connectivity index (χ1v) is 6.38. The highest BCUT2D eigenvalue weighted by molar-refractivity contribution is 8.18. The van der Waals surface area contributed by atoms with E-state index in [1.54, 1.807) is 12.1 Å². The molecule has 104 valence electrons. The largest absolute Gasteiger partial charge is 0.496 e. The van der Waals surface area contributed by atoms with E-state index in [1.165, 1.54) is 26.4 Å². The number of carbonyl (C=O) groups is 3. The molecular weight excluding hydrogens is 282 g/mol. The third-order valence-electron chi connectivity index (χ3n) is 2.57. The molecule has 0 aliphatic carbocycles. The van der Waals surface area contributed by atoms with Crippen LogP contribution in [0.4, 0.5) is 4.79 Å². The summed E-state index contributed by atoms with van der Waals surface area (Å²) in [5, 5.41) is 1.74. The SMILES string of the molecule is COC(=O)c1cc(/C=C2/SC(=O)NC2=O)ccc1OC. The van der Waals surface area contributed by atoms with E-state index in [-0.39, 0.29) is 10.5 Å². The molecule has 2 amide bonds. The number of ether oxygens (including phenoxy) is 2. The van der Waals surface area contributed by atoms with Gasteiger partial charge in [0.15, 0.2) is 0 Å². The van der Waals surface area contributed by atoms with E-state index in [2.05, 4.69) is 10.1 Å². The van der Waals surface area contributed by atoms with Crippen LogP contribution in [0.2, 0.25) is 0 Å². The molecule has 1 aliphatic heterocycles. The first-order valence-electron chi connectivity index (χ1n) is 5.56. The molecule has 20 heavy (non-hydrogen) atoms. The fourth-order valence-electron chi connectivity index (χ4n) is 1.66. The molecule has 6 nitrogen and oxygen atoms in total. The summed E-state index contributed by atoms with van der Waals surface area (Å²) in [5.74, 6) is -0.615. The molecule has 0 aromatic heterocycles. The van der Waals surface area contributed by atoms with Crippen LogP contribution in [0.3, 0.4) is 0 Å². The van der Waals surface area contributed by atoms with Crippen molar-refractivity contribution in [1.29, 1.82) is 0 Å². The molecule has 7 heteroatoms. The molecule has 1 aromatic carbocycles. The van der Waals surface area contributed by atoms with Crippen molar-refractivity contribution in [3.63, 3.8) is 0 Å². The van der Waals surface area contributed by atoms with Crippen LogP contribution in [0.5, 0.6) is 5.75 Å². The van der Waals surface area contributed by atoms with E-state index in [0.29, 0.717) is 11.3 Å². The van der Waals surface area contributed by atoms with E-state index >= 15 is 0 Å². The number of esters is 1. The molecule has 0 saturated carbocycles. The van der Waals surface area contributed by atoms with Gasteiger partial charge in [-0.1, -0.05) is 6.07 Å². The van der Waals surface area contributed by atoms with E-state index in [0.717, 1.165) is 11.8 Å². The molecule has 2 rings (SSSR count). The highest BCUT2D eigenvalue weighted by atomic mass is 32.2. The monoisotopic (exact) mass is 293 g/mol. The van der Waals surface area contributed by atoms with Crippen molar-refractivity contribution in [3.8, 4) is 5.75 Å². The number of hydrogen-bond donors (Lipinski definition) is 1. The number of thioether (sulfide) groups is 1. The summed E-state index contributed by atoms with van der Waals surface area (Å²) in [6, 6.07) is 4.81. The highest BCUT2D eigenvalue weighted by Gasteiger charge is 2.25. The van der Waals surface area contributed by atoms with Gasteiger partial charge >= 0.3 is 5.97 Å². The Morgan fingerprint density at radius 2 is 2.05 bits per heavy atom. The zero-order valence-corrected chi connectivity index (χ0v) is 11.6. The Morgan fingerprint density at radius 1 is 1.30 bits per heavy atom. The molecule has 1 aliphatic rings. The average Bonchev–Trinajstić information content (AvgIpc) is 2.76. The Labute approximate surface area is 119 Å². The third-order valence-corrected chi connectivity index (χ3v) is 3.38. The second-order valence-corrected chi connectivity index (χ2v) is 4.82. The summed E-state index contributed by atoms with van der Waals surface area (Å²) >= 11 is 0.813. The maximum Gasteiger partial charge on any atom is 0.341 e. The second-order valence-electron chi connectivity index (χ2n) is 3.80. The molecule has 1 N–H and O–H groups in total. The Balaban J connectivity index is 2.39. The maximum atomic E-state index is 11.6. The Bertz CT molecular complexity index is 623. The molecular formula is C13H11NO5S. The minimum Gasteiger partial charge on any atom is -0.496 e. The van der Waals surface area contributed by atoms with Crippen LogP contribution in [0.1, 0.15) is 15.9 Å². The minimum absolute atomic E-state index is 0.249. The lowest BCUT2D eigenvalue weighted by Crippen LogP contribution is -2.17. The number of benzene rings is 1. The molecule has 0 spiro atoms. The van der Waals surface area contributed by atoms with Gasteiger partial charge in [-0.05, 0) is 35.5 Å². The van der Waals surface area contributed by atoms with Crippen LogP contribution < -0.4 is 10.1 Å². The van der Waals surface area contributed by atoms with Crippen molar-refractivity contribution in [2.75, 3.05) is 14.2 Å². The van der Waals surface area contributed by atoms with Gasteiger partial charge in [-0.3, -0.25) is 14.9 Å². The summed E-state index contributed by atoms with van der Waals surface area (Å²) < 4.78 is 9.74. The zero-order chi connectivity index (χ0) is 14.7. The first-order chi connectivity index (χ1) is 9.55. The summed E-state index contributed by atoms with van der Waals surface area (Å²) in [4.78, 5) is 34.4. The standard InChI is InChI=1S/C13H11NO5S/c1-18-9-4-3-7(5-8(9)12(16)19-2)6-10-11(15)14-13(17)20-10/h3-6H,1-2H3,(H,14,15,17)/b10-6+. The lowest BCUT2D eigenvalue weighted by Gasteiger charge is -2.07. The quantitative estimate of drug-likeness (QED) is 0.676. The second kappa shape index (κ2) is 5.79. The fourth-order valence-corrected chi connectivity index (χ4v) is 2.34. The van der Waals surface area contributed by atoms with Crippen molar-refractivity contribution in [1.82, 2.24) is 5.32 Å². The predicted octanol–water partition coefficient (Wildman–Crippen LogP) is 1.81. The van der Waals surface area contributed by atoms with Gasteiger partial charge in [0.05, 0.1) is 19.1 Å². The number of methoxy groups -OCH3 is 2. The topological polar surface area (TPSA) is 81.7 Å². The van der Waals surface area contributed by atoms with Crippen LogP contribution in [0.25, 0.3) is 6.08 Å². The van der Waals surface area contributed by atoms with Crippen LogP contribution in [0.15, 0.2) is 23.1 Å². The molecule has 1 heterocycles. The number of hydrogen-bond acceptors (Lipinski definition) is 6. The van der Waals surface area contributed by atoms with E-state index < -0.39 is 17.1 Å². The number of amides is 2. The number of nitrogens with one attached hydrogen (secondary N) is 1. The summed E-state index contributed by atoms with van der Waals surface area (Å²) in [6.07, 6.45) is 1.52. The lowest BCUT2D eigenvalue weighted by molar-refractivity contribution is -0.115. The average molecular weight is 293 g/mol. The Hall–Kier alpha value is -2.28. The van der Waals surface area contributed by atoms with Gasteiger partial charge in [0.1, 0.15) is 11.3 Å². The summed E-state index contributed by atoms with van der Waals surface area (Å²) in [6.45, 7) is 0. The van der Waals surface area contributed by atoms with Crippen LogP contribution in [-0.4, -0.2) is 31.3 Å². The highest BCUT2D eigenvalue weighted by Crippen LogP contribution is 2.27. The zero-order valence-electron chi connectivity index (χ0n) is 10.8. The van der Waals surface area contributed by atoms with E-state index in [1.807, 2.05) is 0 Å². The van der Waals surface area contributed by atoms with Gasteiger partial charge in [-0.2, -0.15) is 0 Å². The van der Waals surface area contributed by atoms with E-state index in [4.69, 9.17) is 4.74 Å². The van der Waals surface area contributed by atoms with Crippen molar-refractivity contribution in [2.45, 2.75) is 0 Å². The molecule has 0 atom stereocenters. The van der Waals surface area contributed by atoms with Crippen molar-refractivity contribution in [3.05, 3.63) is 34.2 Å². The van der Waals surface area contributed by atoms with Crippen molar-refractivity contribution in [2.24, 2.45) is 0 Å². The van der Waals surface area contributed by atoms with Crippen LogP contribution in [0, 0.1) is 0 Å². The predicted molar refractivity (Wildman–Crippen MR) is 73.4 cm³/mol. The molecule has 1 fully saturated rings. The number of imide groups is 1. The summed E-state index contributed by atoms with van der Waals surface area (Å²) in [7, 11) is 2.71. The fraction of sp³-hybridized carbons (Fsp3) is 0.154. The number of rotatable bonds is 3. The smallest absolute Gasteiger partial charge is 0.341 e. The van der Waals surface area contributed by atoms with Gasteiger partial charge < -0.3 is 9.47 Å². The van der Waals surface area contributed by atoms with Crippen molar-refractivity contribution < 1.29 is 23.9 Å². The van der Waals surface area contributed by atoms with Crippen LogP contribution in [-0.2, 0) is 9.53 Å². The third kappa shape index (κ3) is 2.83. The maximum absolute atomic E-state index is 11.6. The van der Waals surface area contributed by atoms with Crippen molar-refractivity contribution >= 4 is 35.0 Å². The van der Waals surface area contributed by atoms with Gasteiger partial charge in [0.2, 0.25) is 0 Å². The van der Waals surface area contributed by atoms with Gasteiger partial charge in [0, 0.05) is 0 Å². The Kier molecular flexibility index (Phi) is 4.09. The Morgan fingerprint density at radius 3 is 2.60 bits per heavy atom. The van der Waals surface area contributed by atoms with Crippen LogP contribution >= 0.6 is 11.8 Å². The lowest BCUT2D eigenvalue weighted by atomic mass is 10.1. The van der Waals surface area contributed by atoms with E-state index in [9.17, 15) is 14.4 Å². The first kappa shape index (κ1) is 14.1. The summed E-state index contributed by atoms with van der Waals surface area (Å²) in [5.41, 5.74) is 0.845. The molecule has 0 radical (unpaired) electrons. The van der Waals surface area contributed by atoms with Gasteiger partial charge in [0.25, 0.3) is 11.1 Å². The molecule has 0 unspecified atom stereocenters. The molecule has 0 bridgehead atoms. The minimum atomic E-state index is -0.540. The van der Waals surface area contributed by atoms with Gasteiger partial charge in [-0.25, -0.2) is 4.79 Å². The molecule has 1 aromatic rings. The normalized spacial score (nSPS) is 16.2.